The first kappa shape index (κ1) is 11.4. The summed E-state index contributed by atoms with van der Waals surface area (Å²) in [4.78, 5) is 24.6. The minimum Gasteiger partial charge on any atom is -0.366 e. The summed E-state index contributed by atoms with van der Waals surface area (Å²) < 4.78 is 0. The number of benzene rings is 1. The van der Waals surface area contributed by atoms with Crippen LogP contribution >= 0.6 is 11.6 Å². The van der Waals surface area contributed by atoms with Crippen molar-refractivity contribution in [2.45, 2.75) is 0 Å². The third-order valence-electron chi connectivity index (χ3n) is 2.35. The van der Waals surface area contributed by atoms with E-state index in [4.69, 9.17) is 17.3 Å². The van der Waals surface area contributed by atoms with Gasteiger partial charge in [0.05, 0.1) is 10.6 Å². The van der Waals surface area contributed by atoms with E-state index in [1.54, 1.807) is 30.5 Å². The number of carbonyl (C=O) groups excluding carboxylic acids is 1. The van der Waals surface area contributed by atoms with Gasteiger partial charge >= 0.3 is 0 Å². The highest BCUT2D eigenvalue weighted by atomic mass is 35.5. The number of nitrogens with one attached hydrogen (secondary N) is 1. The van der Waals surface area contributed by atoms with Crippen LogP contribution in [0.3, 0.4) is 0 Å². The minimum absolute atomic E-state index is 0.183. The molecule has 0 unspecified atom stereocenters. The molecule has 0 aliphatic carbocycles. The Morgan fingerprint density at radius 2 is 1.88 bits per heavy atom. The quantitative estimate of drug-likeness (QED) is 0.850. The molecular weight excluding hydrogens is 240 g/mol. The van der Waals surface area contributed by atoms with Gasteiger partial charge in [0.25, 0.3) is 0 Å². The van der Waals surface area contributed by atoms with Gasteiger partial charge in [-0.1, -0.05) is 17.7 Å². The van der Waals surface area contributed by atoms with Crippen molar-refractivity contribution in [2.24, 2.45) is 5.73 Å². The molecule has 0 radical (unpaired) electrons. The molecule has 2 rings (SSSR count). The summed E-state index contributed by atoms with van der Waals surface area (Å²) in [5, 5.41) is 0.311. The number of pyridine rings is 1. The number of nitrogens with two attached hydrogens (primary N) is 1. The lowest BCUT2D eigenvalue weighted by molar-refractivity contribution is 0.100. The maximum Gasteiger partial charge on any atom is 0.250 e. The Kier molecular flexibility index (Phi) is 2.97. The van der Waals surface area contributed by atoms with E-state index in [0.717, 1.165) is 11.1 Å². The van der Waals surface area contributed by atoms with Gasteiger partial charge < -0.3 is 10.7 Å². The predicted octanol–water partition coefficient (Wildman–Crippen LogP) is 1.79. The molecule has 3 N–H and O–H groups in total. The number of carbonyl (C=O) groups is 1. The third kappa shape index (κ3) is 2.37. The van der Waals surface area contributed by atoms with E-state index in [1.807, 2.05) is 0 Å². The Morgan fingerprint density at radius 3 is 2.47 bits per heavy atom. The number of halogens is 1. The second-order valence-corrected chi connectivity index (χ2v) is 3.91. The topological polar surface area (TPSA) is 76.0 Å². The van der Waals surface area contributed by atoms with Crippen molar-refractivity contribution in [3.8, 4) is 11.1 Å². The van der Waals surface area contributed by atoms with E-state index < -0.39 is 5.91 Å². The monoisotopic (exact) mass is 248 g/mol. The molecule has 0 bridgehead atoms. The summed E-state index contributed by atoms with van der Waals surface area (Å²) in [5.74, 6) is -0.582. The van der Waals surface area contributed by atoms with Crippen LogP contribution in [0.15, 0.2) is 41.3 Å². The van der Waals surface area contributed by atoms with Gasteiger partial charge in [0.2, 0.25) is 11.5 Å². The number of hydrogen-bond donors (Lipinski definition) is 2. The number of amides is 1. The second-order valence-electron chi connectivity index (χ2n) is 3.50. The molecule has 86 valence electrons. The first-order chi connectivity index (χ1) is 8.08. The first-order valence-corrected chi connectivity index (χ1v) is 5.24. The molecule has 0 spiro atoms. The van der Waals surface area contributed by atoms with Crippen molar-refractivity contribution >= 4 is 17.5 Å². The molecule has 5 heteroatoms. The third-order valence-corrected chi connectivity index (χ3v) is 2.68. The van der Waals surface area contributed by atoms with Gasteiger partial charge in [0.1, 0.15) is 0 Å². The molecule has 2 aromatic rings. The van der Waals surface area contributed by atoms with E-state index in [9.17, 15) is 9.59 Å². The lowest BCUT2D eigenvalue weighted by atomic mass is 10.0. The number of rotatable bonds is 2. The van der Waals surface area contributed by atoms with Gasteiger partial charge in [0.15, 0.2) is 0 Å². The Balaban J connectivity index is 2.53. The lowest BCUT2D eigenvalue weighted by Crippen LogP contribution is -2.11. The highest BCUT2D eigenvalue weighted by Gasteiger charge is 2.08. The van der Waals surface area contributed by atoms with E-state index in [1.165, 1.54) is 6.07 Å². The fourth-order valence-electron chi connectivity index (χ4n) is 1.48. The van der Waals surface area contributed by atoms with Gasteiger partial charge in [-0.05, 0) is 29.3 Å². The predicted molar refractivity (Wildman–Crippen MR) is 66.0 cm³/mol. The molecule has 1 aromatic carbocycles. The van der Waals surface area contributed by atoms with Crippen LogP contribution in [0.2, 0.25) is 5.02 Å². The van der Waals surface area contributed by atoms with Gasteiger partial charge in [0, 0.05) is 12.3 Å². The molecule has 0 saturated heterocycles. The molecule has 1 amide bonds. The SMILES string of the molecule is NC(=O)c1cc(-c2ccc(=O)[nH]c2)ccc1Cl. The largest absolute Gasteiger partial charge is 0.366 e. The van der Waals surface area contributed by atoms with Crippen molar-refractivity contribution in [1.29, 1.82) is 0 Å². The molecular formula is C12H9ClN2O2. The molecule has 0 aliphatic rings. The van der Waals surface area contributed by atoms with Crippen LogP contribution < -0.4 is 11.3 Å². The minimum atomic E-state index is -0.582. The number of aromatic nitrogens is 1. The van der Waals surface area contributed by atoms with Crippen molar-refractivity contribution in [3.63, 3.8) is 0 Å². The summed E-state index contributed by atoms with van der Waals surface area (Å²) in [6.45, 7) is 0. The average Bonchev–Trinajstić information content (AvgIpc) is 2.30. The molecule has 1 heterocycles. The van der Waals surface area contributed by atoms with Gasteiger partial charge in [-0.25, -0.2) is 0 Å². The fourth-order valence-corrected chi connectivity index (χ4v) is 1.69. The van der Waals surface area contributed by atoms with Crippen molar-refractivity contribution in [3.05, 3.63) is 57.5 Å². The Labute approximate surface area is 102 Å². The van der Waals surface area contributed by atoms with Crippen molar-refractivity contribution < 1.29 is 4.79 Å². The Bertz CT molecular complexity index is 614. The zero-order chi connectivity index (χ0) is 12.4. The molecule has 4 nitrogen and oxygen atoms in total. The van der Waals surface area contributed by atoms with Gasteiger partial charge in [-0.2, -0.15) is 0 Å². The van der Waals surface area contributed by atoms with Crippen molar-refractivity contribution in [2.75, 3.05) is 0 Å². The number of aromatic amines is 1. The Hall–Kier alpha value is -2.07. The highest BCUT2D eigenvalue weighted by Crippen LogP contribution is 2.23. The molecule has 0 aliphatic heterocycles. The molecule has 0 atom stereocenters. The number of hydrogen-bond acceptors (Lipinski definition) is 2. The summed E-state index contributed by atoms with van der Waals surface area (Å²) in [5.41, 5.74) is 6.83. The van der Waals surface area contributed by atoms with E-state index >= 15 is 0 Å². The summed E-state index contributed by atoms with van der Waals surface area (Å²) in [6, 6.07) is 8.02. The molecule has 1 aromatic heterocycles. The lowest BCUT2D eigenvalue weighted by Gasteiger charge is -2.04. The van der Waals surface area contributed by atoms with Gasteiger partial charge in [-0.15, -0.1) is 0 Å². The van der Waals surface area contributed by atoms with Crippen LogP contribution in [-0.4, -0.2) is 10.9 Å². The van der Waals surface area contributed by atoms with Crippen LogP contribution in [0.1, 0.15) is 10.4 Å². The Morgan fingerprint density at radius 1 is 1.18 bits per heavy atom. The normalized spacial score (nSPS) is 10.2. The number of H-pyrrole nitrogens is 1. The van der Waals surface area contributed by atoms with Crippen LogP contribution in [0.4, 0.5) is 0 Å². The van der Waals surface area contributed by atoms with Crippen molar-refractivity contribution in [1.82, 2.24) is 4.98 Å². The van der Waals surface area contributed by atoms with Crippen LogP contribution in [0, 0.1) is 0 Å². The van der Waals surface area contributed by atoms with Crippen LogP contribution in [-0.2, 0) is 0 Å². The van der Waals surface area contributed by atoms with Crippen LogP contribution in [0.5, 0.6) is 0 Å². The fraction of sp³-hybridized carbons (Fsp3) is 0. The van der Waals surface area contributed by atoms with E-state index in [-0.39, 0.29) is 11.1 Å². The zero-order valence-electron chi connectivity index (χ0n) is 8.74. The molecule has 0 fully saturated rings. The van der Waals surface area contributed by atoms with E-state index in [2.05, 4.69) is 4.98 Å². The highest BCUT2D eigenvalue weighted by molar-refractivity contribution is 6.33. The second kappa shape index (κ2) is 4.43. The summed E-state index contributed by atoms with van der Waals surface area (Å²) in [7, 11) is 0. The maximum atomic E-state index is 11.1. The molecule has 17 heavy (non-hydrogen) atoms. The summed E-state index contributed by atoms with van der Waals surface area (Å²) in [6.07, 6.45) is 1.57. The average molecular weight is 249 g/mol. The standard InChI is InChI=1S/C12H9ClN2O2/c13-10-3-1-7(5-9(10)12(14)17)8-2-4-11(16)15-6-8/h1-6H,(H2,14,17)(H,15,16). The molecule has 0 saturated carbocycles. The summed E-state index contributed by atoms with van der Waals surface area (Å²) >= 11 is 5.85. The first-order valence-electron chi connectivity index (χ1n) is 4.86. The van der Waals surface area contributed by atoms with Gasteiger partial charge in [-0.3, -0.25) is 9.59 Å². The smallest absolute Gasteiger partial charge is 0.250 e. The number of primary amides is 1. The zero-order valence-corrected chi connectivity index (χ0v) is 9.49. The van der Waals surface area contributed by atoms with Crippen LogP contribution in [0.25, 0.3) is 11.1 Å². The maximum absolute atomic E-state index is 11.1. The van der Waals surface area contributed by atoms with E-state index in [0.29, 0.717) is 5.02 Å².